The van der Waals surface area contributed by atoms with Crippen molar-refractivity contribution >= 4 is 11.9 Å². The second-order valence-corrected chi connectivity index (χ2v) is 5.13. The molecule has 106 valence electrons. The Balaban J connectivity index is 2.19. The third kappa shape index (κ3) is 3.23. The fourth-order valence-electron chi connectivity index (χ4n) is 2.58. The highest BCUT2D eigenvalue weighted by Crippen LogP contribution is 2.28. The van der Waals surface area contributed by atoms with Crippen LogP contribution in [0.4, 0.5) is 11.9 Å². The van der Waals surface area contributed by atoms with Gasteiger partial charge in [0.15, 0.2) is 0 Å². The molecule has 19 heavy (non-hydrogen) atoms. The molecule has 7 nitrogen and oxygen atoms in total. The quantitative estimate of drug-likeness (QED) is 0.624. The first-order chi connectivity index (χ1) is 9.13. The maximum atomic E-state index is 5.37. The van der Waals surface area contributed by atoms with Gasteiger partial charge in [-0.15, -0.1) is 0 Å². The van der Waals surface area contributed by atoms with Crippen molar-refractivity contribution in [3.8, 4) is 6.01 Å². The number of rotatable bonds is 4. The average molecular weight is 266 g/mol. The first-order valence-corrected chi connectivity index (χ1v) is 6.63. The zero-order chi connectivity index (χ0) is 13.8. The van der Waals surface area contributed by atoms with E-state index in [1.54, 1.807) is 0 Å². The molecule has 7 heteroatoms. The molecule has 0 radical (unpaired) electrons. The van der Waals surface area contributed by atoms with E-state index in [1.165, 1.54) is 26.4 Å². The second kappa shape index (κ2) is 6.01. The van der Waals surface area contributed by atoms with Gasteiger partial charge in [-0.2, -0.15) is 15.0 Å². The number of anilines is 2. The standard InChI is InChI=1S/C12H22N6O/c1-8-5-4-6-9(7-8)18(2)11-14-10(17-13)15-12(16-11)19-3/h8-9H,4-7,13H2,1-3H3,(H,14,15,16,17). The lowest BCUT2D eigenvalue weighted by Crippen LogP contribution is -2.37. The summed E-state index contributed by atoms with van der Waals surface area (Å²) in [6.07, 6.45) is 4.89. The average Bonchev–Trinajstić information content (AvgIpc) is 2.45. The van der Waals surface area contributed by atoms with E-state index in [1.807, 2.05) is 7.05 Å². The summed E-state index contributed by atoms with van der Waals surface area (Å²) in [5.41, 5.74) is 2.44. The van der Waals surface area contributed by atoms with Crippen LogP contribution >= 0.6 is 0 Å². The van der Waals surface area contributed by atoms with Crippen LogP contribution in [0.2, 0.25) is 0 Å². The molecule has 0 aromatic carbocycles. The third-order valence-electron chi connectivity index (χ3n) is 3.69. The van der Waals surface area contributed by atoms with Crippen LogP contribution in [0, 0.1) is 5.92 Å². The van der Waals surface area contributed by atoms with Gasteiger partial charge in [-0.25, -0.2) is 5.84 Å². The minimum absolute atomic E-state index is 0.272. The number of methoxy groups -OCH3 is 1. The van der Waals surface area contributed by atoms with Gasteiger partial charge in [0, 0.05) is 13.1 Å². The molecule has 2 unspecified atom stereocenters. The van der Waals surface area contributed by atoms with Crippen LogP contribution in [-0.4, -0.2) is 35.2 Å². The van der Waals surface area contributed by atoms with Crippen molar-refractivity contribution in [3.63, 3.8) is 0 Å². The zero-order valence-electron chi connectivity index (χ0n) is 11.8. The van der Waals surface area contributed by atoms with E-state index < -0.39 is 0 Å². The number of hydrogen-bond donors (Lipinski definition) is 2. The van der Waals surface area contributed by atoms with E-state index in [0.717, 1.165) is 12.3 Å². The third-order valence-corrected chi connectivity index (χ3v) is 3.69. The van der Waals surface area contributed by atoms with E-state index in [-0.39, 0.29) is 6.01 Å². The summed E-state index contributed by atoms with van der Waals surface area (Å²) in [7, 11) is 3.54. The van der Waals surface area contributed by atoms with Crippen LogP contribution in [0.25, 0.3) is 0 Å². The fourth-order valence-corrected chi connectivity index (χ4v) is 2.58. The number of hydrogen-bond acceptors (Lipinski definition) is 7. The summed E-state index contributed by atoms with van der Waals surface area (Å²) in [6, 6.07) is 0.732. The molecule has 1 aliphatic carbocycles. The Labute approximate surface area is 113 Å². The normalized spacial score (nSPS) is 22.9. The van der Waals surface area contributed by atoms with Crippen molar-refractivity contribution in [1.82, 2.24) is 15.0 Å². The summed E-state index contributed by atoms with van der Waals surface area (Å²) in [5, 5.41) is 0. The Morgan fingerprint density at radius 3 is 2.74 bits per heavy atom. The lowest BCUT2D eigenvalue weighted by Gasteiger charge is -2.34. The largest absolute Gasteiger partial charge is 0.467 e. The van der Waals surface area contributed by atoms with Crippen molar-refractivity contribution < 1.29 is 4.74 Å². The number of nitrogens with one attached hydrogen (secondary N) is 1. The minimum Gasteiger partial charge on any atom is -0.467 e. The van der Waals surface area contributed by atoms with Gasteiger partial charge < -0.3 is 9.64 Å². The number of nitrogens with two attached hydrogens (primary N) is 1. The predicted octanol–water partition coefficient (Wildman–Crippen LogP) is 1.18. The molecule has 0 spiro atoms. The molecule has 0 saturated heterocycles. The van der Waals surface area contributed by atoms with Crippen molar-refractivity contribution in [3.05, 3.63) is 0 Å². The monoisotopic (exact) mass is 266 g/mol. The Morgan fingerprint density at radius 2 is 2.11 bits per heavy atom. The molecule has 1 saturated carbocycles. The van der Waals surface area contributed by atoms with Gasteiger partial charge in [-0.05, 0) is 18.8 Å². The number of nitrogens with zero attached hydrogens (tertiary/aromatic N) is 4. The molecular formula is C12H22N6O. The number of aromatic nitrogens is 3. The molecular weight excluding hydrogens is 244 g/mol. The van der Waals surface area contributed by atoms with Crippen molar-refractivity contribution in [2.45, 2.75) is 38.6 Å². The second-order valence-electron chi connectivity index (χ2n) is 5.13. The minimum atomic E-state index is 0.272. The van der Waals surface area contributed by atoms with E-state index >= 15 is 0 Å². The molecule has 2 atom stereocenters. The van der Waals surface area contributed by atoms with Crippen LogP contribution in [-0.2, 0) is 0 Å². The van der Waals surface area contributed by atoms with Crippen LogP contribution in [0.15, 0.2) is 0 Å². The van der Waals surface area contributed by atoms with Crippen molar-refractivity contribution in [2.75, 3.05) is 24.5 Å². The molecule has 0 amide bonds. The summed E-state index contributed by atoms with van der Waals surface area (Å²) in [4.78, 5) is 14.7. The number of ether oxygens (including phenoxy) is 1. The predicted molar refractivity (Wildman–Crippen MR) is 74.0 cm³/mol. The van der Waals surface area contributed by atoms with E-state index in [4.69, 9.17) is 10.6 Å². The van der Waals surface area contributed by atoms with Gasteiger partial charge in [-0.1, -0.05) is 19.8 Å². The molecule has 1 fully saturated rings. The highest BCUT2D eigenvalue weighted by molar-refractivity contribution is 5.38. The molecule has 0 bridgehead atoms. The van der Waals surface area contributed by atoms with E-state index in [0.29, 0.717) is 17.9 Å². The Bertz CT molecular complexity index is 404. The van der Waals surface area contributed by atoms with Crippen molar-refractivity contribution in [1.29, 1.82) is 0 Å². The maximum Gasteiger partial charge on any atom is 0.322 e. The maximum absolute atomic E-state index is 5.37. The first kappa shape index (κ1) is 13.8. The smallest absolute Gasteiger partial charge is 0.322 e. The van der Waals surface area contributed by atoms with Crippen LogP contribution in [0.5, 0.6) is 6.01 Å². The fraction of sp³-hybridized carbons (Fsp3) is 0.750. The summed E-state index contributed by atoms with van der Waals surface area (Å²) in [5.74, 6) is 7.03. The lowest BCUT2D eigenvalue weighted by atomic mass is 9.86. The molecule has 1 aromatic heterocycles. The van der Waals surface area contributed by atoms with E-state index in [9.17, 15) is 0 Å². The SMILES string of the molecule is COc1nc(NN)nc(N(C)C2CCCC(C)C2)n1. The number of nitrogen functional groups attached to an aromatic ring is 1. The van der Waals surface area contributed by atoms with Crippen LogP contribution in [0.3, 0.4) is 0 Å². The Kier molecular flexibility index (Phi) is 4.36. The Morgan fingerprint density at radius 1 is 1.32 bits per heavy atom. The Hall–Kier alpha value is -1.63. The topological polar surface area (TPSA) is 89.2 Å². The molecule has 3 N–H and O–H groups in total. The molecule has 1 aromatic rings. The summed E-state index contributed by atoms with van der Waals surface area (Å²) >= 11 is 0. The van der Waals surface area contributed by atoms with Gasteiger partial charge >= 0.3 is 6.01 Å². The first-order valence-electron chi connectivity index (χ1n) is 6.63. The van der Waals surface area contributed by atoms with Gasteiger partial charge in [0.1, 0.15) is 0 Å². The summed E-state index contributed by atoms with van der Waals surface area (Å²) < 4.78 is 5.07. The highest BCUT2D eigenvalue weighted by atomic mass is 16.5. The molecule has 1 aliphatic rings. The van der Waals surface area contributed by atoms with Crippen LogP contribution in [0.1, 0.15) is 32.6 Å². The zero-order valence-corrected chi connectivity index (χ0v) is 11.8. The summed E-state index contributed by atoms with van der Waals surface area (Å²) in [6.45, 7) is 2.29. The number of hydrazine groups is 1. The van der Waals surface area contributed by atoms with E-state index in [2.05, 4.69) is 32.2 Å². The van der Waals surface area contributed by atoms with Gasteiger partial charge in [0.2, 0.25) is 11.9 Å². The van der Waals surface area contributed by atoms with Gasteiger partial charge in [0.25, 0.3) is 0 Å². The lowest BCUT2D eigenvalue weighted by molar-refractivity contribution is 0.332. The van der Waals surface area contributed by atoms with Crippen LogP contribution < -0.4 is 20.9 Å². The molecule has 0 aliphatic heterocycles. The van der Waals surface area contributed by atoms with Crippen molar-refractivity contribution in [2.24, 2.45) is 11.8 Å². The van der Waals surface area contributed by atoms with Gasteiger partial charge in [0.05, 0.1) is 7.11 Å². The molecule has 2 rings (SSSR count). The molecule has 1 heterocycles. The highest BCUT2D eigenvalue weighted by Gasteiger charge is 2.24. The van der Waals surface area contributed by atoms with Gasteiger partial charge in [-0.3, -0.25) is 5.43 Å².